The highest BCUT2D eigenvalue weighted by Crippen LogP contribution is 2.38. The van der Waals surface area contributed by atoms with E-state index in [0.29, 0.717) is 23.6 Å². The van der Waals surface area contributed by atoms with Crippen LogP contribution in [-0.4, -0.2) is 123 Å². The maximum atomic E-state index is 13.2. The zero-order valence-electron chi connectivity index (χ0n) is 61.1. The number of carboxylic acids is 2. The monoisotopic (exact) mass is 1660 g/mol. The zero-order valence-corrected chi connectivity index (χ0v) is 64.1. The quantitative estimate of drug-likeness (QED) is 0.0247. The number of aryl methyl sites for hydroxylation is 6. The molecule has 1 amide bonds. The summed E-state index contributed by atoms with van der Waals surface area (Å²) in [5.41, 5.74) is 9.29. The molecule has 113 heavy (non-hydrogen) atoms. The lowest BCUT2D eigenvalue weighted by molar-refractivity contribution is -0.142. The number of nitrogen functional groups attached to an aromatic ring is 1. The molecule has 8 aromatic heterocycles. The number of carbonyl (C=O) groups excluding carboxylic acids is 4. The summed E-state index contributed by atoms with van der Waals surface area (Å²) in [7, 11) is 0.642. The fourth-order valence-electron chi connectivity index (χ4n) is 9.92. The number of alkyl halides is 12. The van der Waals surface area contributed by atoms with Crippen LogP contribution in [0.2, 0.25) is 30.5 Å². The number of nitrogens with zero attached hydrogens (tertiary/aromatic N) is 10. The summed E-state index contributed by atoms with van der Waals surface area (Å²) in [5.74, 6) is -2.96. The third kappa shape index (κ3) is 26.3. The molecule has 1 saturated heterocycles. The van der Waals surface area contributed by atoms with Crippen LogP contribution in [0, 0.1) is 41.5 Å². The molecule has 0 atom stereocenters. The third-order valence-corrected chi connectivity index (χ3v) is 16.5. The molecule has 0 saturated carbocycles. The molecule has 1 fully saturated rings. The van der Waals surface area contributed by atoms with Crippen LogP contribution in [0.4, 0.5) is 64.1 Å². The van der Waals surface area contributed by atoms with Crippen molar-refractivity contribution in [3.63, 3.8) is 0 Å². The van der Waals surface area contributed by atoms with Crippen LogP contribution in [0.1, 0.15) is 123 Å². The molecule has 9 heterocycles. The second kappa shape index (κ2) is 40.3. The minimum Gasteiger partial charge on any atom is -0.478 e. The van der Waals surface area contributed by atoms with Crippen molar-refractivity contribution in [2.24, 2.45) is 0 Å². The minimum absolute atomic E-state index is 0.0862. The van der Waals surface area contributed by atoms with E-state index in [4.69, 9.17) is 52.9 Å². The number of hydrogen-bond donors (Lipinski definition) is 4. The number of carbonyl (C=O) groups is 6. The average molecular weight is 1670 g/mol. The van der Waals surface area contributed by atoms with Gasteiger partial charge < -0.3 is 39.7 Å². The number of esters is 1. The summed E-state index contributed by atoms with van der Waals surface area (Å²) in [4.78, 5) is 103. The van der Waals surface area contributed by atoms with Crippen LogP contribution in [0.3, 0.4) is 0 Å². The summed E-state index contributed by atoms with van der Waals surface area (Å²) >= 11 is 19.6. The molecule has 0 radical (unpaired) electrons. The highest BCUT2D eigenvalue weighted by atomic mass is 35.5. The molecule has 2 aromatic carbocycles. The number of halogens is 16. The lowest BCUT2D eigenvalue weighted by Crippen LogP contribution is -2.44. The van der Waals surface area contributed by atoms with E-state index in [-0.39, 0.29) is 49.2 Å². The van der Waals surface area contributed by atoms with Gasteiger partial charge in [0, 0.05) is 100 Å². The number of benzene rings is 2. The van der Waals surface area contributed by atoms with Crippen molar-refractivity contribution in [3.8, 4) is 22.3 Å². The highest BCUT2D eigenvalue weighted by molar-refractivity contribution is 6.97. The van der Waals surface area contributed by atoms with Crippen molar-refractivity contribution < 1.29 is 110 Å². The number of nitrogens with one attached hydrogen (secondary N) is 1. The zero-order chi connectivity index (χ0) is 85.1. The molecule has 43 heteroatoms. The SMILES string of the molecule is CB1OB(C)OB(C)O1.CCc1ncc2cc(-c3cc(N)ccc3C)c(C)nc2n1.CCc1ncc2cc(-c3cc(NC(=O)c4ccnc(C(F)(F)F)c4C)ccc3C)c(C)nc2n1.COC(=O)c1ccnc(C(F)(F)F)c1Cl.Cc1c(C(=O)O)ccnc1C(F)(F)F.O=C(Cl)C(=O)Cl.O=C(O)c1ccnc(C(F)(F)F)c1Cl. The predicted molar refractivity (Wildman–Crippen MR) is 397 cm³/mol. The van der Waals surface area contributed by atoms with E-state index in [0.717, 1.165) is 131 Å². The van der Waals surface area contributed by atoms with E-state index in [2.05, 4.69) is 96.1 Å². The van der Waals surface area contributed by atoms with E-state index < -0.39 is 97.4 Å². The van der Waals surface area contributed by atoms with E-state index in [1.165, 1.54) is 18.6 Å². The van der Waals surface area contributed by atoms with Gasteiger partial charge >= 0.3 is 74.5 Å². The third-order valence-electron chi connectivity index (χ3n) is 15.3. The van der Waals surface area contributed by atoms with Gasteiger partial charge in [0.1, 0.15) is 23.0 Å². The number of aromatic carboxylic acids is 2. The molecule has 1 aliphatic rings. The van der Waals surface area contributed by atoms with Crippen molar-refractivity contribution >= 4 is 136 Å². The molecule has 10 aromatic rings. The van der Waals surface area contributed by atoms with Crippen LogP contribution in [0.5, 0.6) is 0 Å². The number of ether oxygens (including phenoxy) is 1. The van der Waals surface area contributed by atoms with Gasteiger partial charge in [0.05, 0.1) is 33.8 Å². The molecule has 5 N–H and O–H groups in total. The molecular formula is C70H63B3Cl4F12N12O12. The number of carboxylic acid groups (broad SMARTS) is 2. The molecule has 0 aliphatic carbocycles. The fraction of sp³-hybridized carbons (Fsp3) is 0.257. The number of hydrogen-bond acceptors (Lipinski definition) is 21. The summed E-state index contributed by atoms with van der Waals surface area (Å²) < 4.78 is 169. The van der Waals surface area contributed by atoms with E-state index in [9.17, 15) is 81.5 Å². The summed E-state index contributed by atoms with van der Waals surface area (Å²) in [5, 5.41) is 17.6. The first-order valence-electron chi connectivity index (χ1n) is 32.5. The summed E-state index contributed by atoms with van der Waals surface area (Å²) in [6, 6.07) is 19.6. The Morgan fingerprint density at radius 2 is 0.832 bits per heavy atom. The average Bonchev–Trinajstić information content (AvgIpc) is 0.790. The molecule has 596 valence electrons. The van der Waals surface area contributed by atoms with E-state index in [1.54, 1.807) is 18.3 Å². The number of methoxy groups -OCH3 is 1. The van der Waals surface area contributed by atoms with Crippen LogP contribution < -0.4 is 11.1 Å². The van der Waals surface area contributed by atoms with E-state index >= 15 is 0 Å². The molecule has 0 spiro atoms. The second-order valence-corrected chi connectivity index (χ2v) is 24.8. The number of aromatic nitrogens is 10. The Morgan fingerprint density at radius 1 is 0.478 bits per heavy atom. The first-order chi connectivity index (χ1) is 52.5. The Hall–Kier alpha value is -10.6. The maximum Gasteiger partial charge on any atom is 0.434 e. The Labute approximate surface area is 656 Å². The Balaban J connectivity index is 0.000000251. The van der Waals surface area contributed by atoms with Gasteiger partial charge in [-0.05, 0) is 179 Å². The van der Waals surface area contributed by atoms with Crippen molar-refractivity contribution in [1.29, 1.82) is 0 Å². The van der Waals surface area contributed by atoms with Gasteiger partial charge in [0.25, 0.3) is 5.91 Å². The van der Waals surface area contributed by atoms with Crippen molar-refractivity contribution in [1.82, 2.24) is 49.8 Å². The van der Waals surface area contributed by atoms with Gasteiger partial charge in [0.2, 0.25) is 0 Å². The number of anilines is 2. The largest absolute Gasteiger partial charge is 0.478 e. The fourth-order valence-corrected chi connectivity index (χ4v) is 10.5. The minimum atomic E-state index is -4.75. The van der Waals surface area contributed by atoms with Crippen LogP contribution in [0.15, 0.2) is 110 Å². The number of pyridine rings is 6. The summed E-state index contributed by atoms with van der Waals surface area (Å²) in [6.45, 7) is 19.8. The first kappa shape index (κ1) is 93.0. The molecule has 24 nitrogen and oxygen atoms in total. The first-order valence-corrected chi connectivity index (χ1v) is 34.0. The van der Waals surface area contributed by atoms with Crippen LogP contribution >= 0.6 is 46.4 Å². The van der Waals surface area contributed by atoms with Gasteiger partial charge in [-0.15, -0.1) is 0 Å². The van der Waals surface area contributed by atoms with Gasteiger partial charge in [0.15, 0.2) is 22.7 Å². The van der Waals surface area contributed by atoms with Crippen LogP contribution in [-0.2, 0) is 65.6 Å². The van der Waals surface area contributed by atoms with Crippen molar-refractivity contribution in [2.45, 2.75) is 113 Å². The molecular weight excluding hydrogens is 1600 g/mol. The van der Waals surface area contributed by atoms with Gasteiger partial charge in [-0.3, -0.25) is 34.3 Å². The number of fused-ring (bicyclic) bond motifs is 2. The lowest BCUT2D eigenvalue weighted by Gasteiger charge is -2.25. The van der Waals surface area contributed by atoms with Crippen LogP contribution in [0.25, 0.3) is 44.3 Å². The molecule has 0 bridgehead atoms. The summed E-state index contributed by atoms with van der Waals surface area (Å²) in [6.07, 6.45) is -10.2. The predicted octanol–water partition coefficient (Wildman–Crippen LogP) is 17.3. The second-order valence-electron chi connectivity index (χ2n) is 23.4. The van der Waals surface area contributed by atoms with Gasteiger partial charge in [-0.2, -0.15) is 52.7 Å². The molecule has 0 unspecified atom stereocenters. The lowest BCUT2D eigenvalue weighted by atomic mass is 9.74. The number of amides is 1. The topological polar surface area (TPSA) is 347 Å². The normalized spacial score (nSPS) is 11.9. The molecule has 1 aliphatic heterocycles. The highest BCUT2D eigenvalue weighted by Gasteiger charge is 2.40. The van der Waals surface area contributed by atoms with Gasteiger partial charge in [-0.25, -0.2) is 44.3 Å². The number of nitrogens with two attached hydrogens (primary N) is 1. The maximum absolute atomic E-state index is 13.2. The molecule has 11 rings (SSSR count). The van der Waals surface area contributed by atoms with Crippen molar-refractivity contribution in [3.05, 3.63) is 210 Å². The standard InChI is InChI=1S/C25H22F3N5O.C17H18N4.C8H5ClF3NO2.C8H6F3NO2.C7H3ClF3NO2.C3H9B3O3.C2Cl2O2/c1-5-21-30-12-16-10-20(15(4)31-23(16)33-21)19-11-17(7-6-13(19)2)32-24(34)18-8-9-29-22(14(18)3)25(26,27)28;1-4-16-19-9-12-7-15(11(3)20-17(12)21-16)14-8-13(18)6-5-10(14)2;1-15-7(14)4-2-3-13-6(5(4)9)8(10,11)12;1-4-5(7(13)14)2-3-12-6(4)8(9,10)11;8-4-3(6(13)14)1-2-12-5(4)7(9,10)11;1-4-7-5(2)9-6(3)8-4;3-1(5)2(4)6/h6-12H,5H2,1-4H3,(H,32,34);5-9H,4,18H2,1-3H3;2-3H,1H3;2-3H,1H3,(H,13,14);1-2H,(H,13,14);1-3H3;. The number of rotatable bonds is 10. The Morgan fingerprint density at radius 3 is 1.21 bits per heavy atom. The van der Waals surface area contributed by atoms with Gasteiger partial charge in [-0.1, -0.05) is 49.2 Å². The van der Waals surface area contributed by atoms with E-state index in [1.807, 2.05) is 91.6 Å². The Kier molecular flexibility index (Phi) is 33.1. The van der Waals surface area contributed by atoms with Crippen molar-refractivity contribution in [2.75, 3.05) is 18.2 Å². The Bertz CT molecular complexity index is 5050. The smallest absolute Gasteiger partial charge is 0.434 e.